The van der Waals surface area contributed by atoms with Crippen molar-refractivity contribution >= 4 is 44.1 Å². The number of aliphatic hydroxyl groups is 1. The predicted molar refractivity (Wildman–Crippen MR) is 146 cm³/mol. The number of fused-ring (bicyclic) bond motifs is 1. The highest BCUT2D eigenvalue weighted by Gasteiger charge is 2.48. The predicted octanol–water partition coefficient (Wildman–Crippen LogP) is 5.65. The number of ketones is 1. The van der Waals surface area contributed by atoms with Crippen molar-refractivity contribution in [1.29, 1.82) is 0 Å². The van der Waals surface area contributed by atoms with E-state index in [1.807, 2.05) is 44.2 Å². The van der Waals surface area contributed by atoms with E-state index in [2.05, 4.69) is 4.98 Å². The Morgan fingerprint density at radius 3 is 2.42 bits per heavy atom. The molecule has 4 aromatic rings. The van der Waals surface area contributed by atoms with Crippen LogP contribution in [0.25, 0.3) is 16.0 Å². The molecule has 1 aromatic heterocycles. The van der Waals surface area contributed by atoms with Gasteiger partial charge < -0.3 is 19.3 Å². The number of rotatable bonds is 7. The van der Waals surface area contributed by atoms with Gasteiger partial charge in [-0.05, 0) is 49.7 Å². The van der Waals surface area contributed by atoms with Crippen LogP contribution in [0.1, 0.15) is 29.7 Å². The summed E-state index contributed by atoms with van der Waals surface area (Å²) in [5.74, 6) is -0.218. The summed E-state index contributed by atoms with van der Waals surface area (Å²) in [6.45, 7) is 4.35. The van der Waals surface area contributed by atoms with Crippen molar-refractivity contribution < 1.29 is 28.9 Å². The maximum absolute atomic E-state index is 13.5. The van der Waals surface area contributed by atoms with E-state index in [0.717, 1.165) is 10.3 Å². The van der Waals surface area contributed by atoms with E-state index < -0.39 is 17.7 Å². The number of ether oxygens (including phenoxy) is 3. The molecule has 2 heterocycles. The lowest BCUT2D eigenvalue weighted by atomic mass is 9.95. The van der Waals surface area contributed by atoms with Crippen LogP contribution in [-0.4, -0.2) is 42.6 Å². The highest BCUT2D eigenvalue weighted by molar-refractivity contribution is 7.22. The molecule has 5 rings (SSSR count). The van der Waals surface area contributed by atoms with Crippen LogP contribution < -0.4 is 19.1 Å². The molecule has 9 heteroatoms. The summed E-state index contributed by atoms with van der Waals surface area (Å²) in [7, 11) is 3.03. The number of hydrogen-bond acceptors (Lipinski definition) is 8. The number of Topliss-reactive ketones (excluding diaryl/α,β-unsaturated/α-hetero) is 1. The van der Waals surface area contributed by atoms with Crippen molar-refractivity contribution in [2.45, 2.75) is 19.9 Å². The highest BCUT2D eigenvalue weighted by atomic mass is 32.1. The Morgan fingerprint density at radius 2 is 1.74 bits per heavy atom. The first-order valence-corrected chi connectivity index (χ1v) is 12.8. The average molecular weight is 531 g/mol. The van der Waals surface area contributed by atoms with Crippen LogP contribution in [0, 0.1) is 6.92 Å². The van der Waals surface area contributed by atoms with E-state index in [1.165, 1.54) is 30.5 Å². The van der Waals surface area contributed by atoms with Crippen LogP contribution >= 0.6 is 11.3 Å². The van der Waals surface area contributed by atoms with Crippen molar-refractivity contribution in [3.63, 3.8) is 0 Å². The van der Waals surface area contributed by atoms with Crippen molar-refractivity contribution in [1.82, 2.24) is 4.98 Å². The van der Waals surface area contributed by atoms with Crippen LogP contribution in [0.2, 0.25) is 0 Å². The first-order valence-electron chi connectivity index (χ1n) is 12.0. The zero-order chi connectivity index (χ0) is 27.0. The summed E-state index contributed by atoms with van der Waals surface area (Å²) in [4.78, 5) is 33.0. The number of carbonyl (C=O) groups is 2. The quantitative estimate of drug-likeness (QED) is 0.187. The molecule has 3 aromatic carbocycles. The molecule has 0 unspecified atom stereocenters. The minimum atomic E-state index is -0.942. The Morgan fingerprint density at radius 1 is 1.00 bits per heavy atom. The summed E-state index contributed by atoms with van der Waals surface area (Å²) < 4.78 is 17.3. The largest absolute Gasteiger partial charge is 0.507 e. The van der Waals surface area contributed by atoms with E-state index in [4.69, 9.17) is 14.2 Å². The number of aromatic nitrogens is 1. The SMILES string of the molecule is CCOc1ccc2nc(N3C(=O)C(=O)C(=C(O)c4ccc(C)cc4)[C@H]3c3ccc(OC)c(OC)c3)sc2c1. The number of hydrogen-bond donors (Lipinski definition) is 1. The Bertz CT molecular complexity index is 1570. The number of amides is 1. The van der Waals surface area contributed by atoms with Crippen LogP contribution in [-0.2, 0) is 9.59 Å². The zero-order valence-corrected chi connectivity index (χ0v) is 22.2. The first-order chi connectivity index (χ1) is 18.4. The minimum absolute atomic E-state index is 0.0275. The second-order valence-corrected chi connectivity index (χ2v) is 9.72. The number of methoxy groups -OCH3 is 2. The smallest absolute Gasteiger partial charge is 0.301 e. The van der Waals surface area contributed by atoms with Gasteiger partial charge in [-0.25, -0.2) is 4.98 Å². The third-order valence-electron chi connectivity index (χ3n) is 6.36. The van der Waals surface area contributed by atoms with Gasteiger partial charge in [0.05, 0.1) is 42.7 Å². The number of nitrogens with zero attached hydrogens (tertiary/aromatic N) is 2. The molecule has 1 N–H and O–H groups in total. The molecule has 1 saturated heterocycles. The fourth-order valence-electron chi connectivity index (χ4n) is 4.49. The molecular weight excluding hydrogens is 504 g/mol. The van der Waals surface area contributed by atoms with Crippen molar-refractivity contribution in [2.24, 2.45) is 0 Å². The fraction of sp³-hybridized carbons (Fsp3) is 0.207. The number of anilines is 1. The maximum atomic E-state index is 13.5. The summed E-state index contributed by atoms with van der Waals surface area (Å²) in [5, 5.41) is 11.7. The van der Waals surface area contributed by atoms with Gasteiger partial charge in [0.15, 0.2) is 16.6 Å². The number of thiazole rings is 1. The van der Waals surface area contributed by atoms with Crippen molar-refractivity contribution in [3.05, 3.63) is 82.9 Å². The van der Waals surface area contributed by atoms with E-state index in [-0.39, 0.29) is 11.3 Å². The minimum Gasteiger partial charge on any atom is -0.507 e. The zero-order valence-electron chi connectivity index (χ0n) is 21.3. The molecule has 1 amide bonds. The molecule has 8 nitrogen and oxygen atoms in total. The third kappa shape index (κ3) is 4.35. The van der Waals surface area contributed by atoms with Crippen molar-refractivity contribution in [2.75, 3.05) is 25.7 Å². The van der Waals surface area contributed by atoms with Gasteiger partial charge in [0.2, 0.25) is 0 Å². The van der Waals surface area contributed by atoms with Crippen LogP contribution in [0.4, 0.5) is 5.13 Å². The van der Waals surface area contributed by atoms with Gasteiger partial charge >= 0.3 is 5.91 Å². The molecule has 194 valence electrons. The van der Waals surface area contributed by atoms with E-state index in [9.17, 15) is 14.7 Å². The topological polar surface area (TPSA) is 98.2 Å². The van der Waals surface area contributed by atoms with Gasteiger partial charge in [-0.3, -0.25) is 14.5 Å². The van der Waals surface area contributed by atoms with Crippen LogP contribution in [0.5, 0.6) is 17.2 Å². The lowest BCUT2D eigenvalue weighted by Crippen LogP contribution is -2.29. The molecule has 0 aliphatic carbocycles. The number of benzene rings is 3. The van der Waals surface area contributed by atoms with Gasteiger partial charge in [-0.2, -0.15) is 0 Å². The molecule has 0 radical (unpaired) electrons. The molecular formula is C29H26N2O6S. The molecule has 0 bridgehead atoms. The lowest BCUT2D eigenvalue weighted by molar-refractivity contribution is -0.132. The monoisotopic (exact) mass is 530 g/mol. The third-order valence-corrected chi connectivity index (χ3v) is 7.38. The molecule has 0 spiro atoms. The fourth-order valence-corrected chi connectivity index (χ4v) is 5.51. The molecule has 1 aliphatic rings. The van der Waals surface area contributed by atoms with E-state index in [1.54, 1.807) is 30.3 Å². The van der Waals surface area contributed by atoms with Gasteiger partial charge in [0.25, 0.3) is 5.78 Å². The Labute approximate surface area is 223 Å². The summed E-state index contributed by atoms with van der Waals surface area (Å²) >= 11 is 1.27. The van der Waals surface area contributed by atoms with Gasteiger partial charge in [-0.15, -0.1) is 0 Å². The second kappa shape index (κ2) is 10.2. The summed E-state index contributed by atoms with van der Waals surface area (Å²) in [5.41, 5.74) is 2.63. The first kappa shape index (κ1) is 25.3. The summed E-state index contributed by atoms with van der Waals surface area (Å²) in [6.07, 6.45) is 0. The van der Waals surface area contributed by atoms with Crippen molar-refractivity contribution in [3.8, 4) is 17.2 Å². The number of aliphatic hydroxyl groups excluding tert-OH is 1. The van der Waals surface area contributed by atoms with Gasteiger partial charge in [0, 0.05) is 5.56 Å². The van der Waals surface area contributed by atoms with E-state index >= 15 is 0 Å². The van der Waals surface area contributed by atoms with Gasteiger partial charge in [-0.1, -0.05) is 47.2 Å². The maximum Gasteiger partial charge on any atom is 0.301 e. The second-order valence-electron chi connectivity index (χ2n) is 8.71. The molecule has 38 heavy (non-hydrogen) atoms. The molecule has 1 fully saturated rings. The molecule has 1 atom stereocenters. The average Bonchev–Trinajstić information content (AvgIpc) is 3.46. The normalized spacial score (nSPS) is 16.7. The highest BCUT2D eigenvalue weighted by Crippen LogP contribution is 2.46. The Hall–Kier alpha value is -4.37. The lowest BCUT2D eigenvalue weighted by Gasteiger charge is -2.23. The van der Waals surface area contributed by atoms with E-state index in [0.29, 0.717) is 45.6 Å². The Kier molecular flexibility index (Phi) is 6.77. The van der Waals surface area contributed by atoms with Gasteiger partial charge in [0.1, 0.15) is 11.5 Å². The molecule has 1 aliphatic heterocycles. The van der Waals surface area contributed by atoms with Crippen LogP contribution in [0.15, 0.2) is 66.2 Å². The number of carbonyl (C=O) groups excluding carboxylic acids is 2. The number of aryl methyl sites for hydroxylation is 1. The Balaban J connectivity index is 1.71. The standard InChI is InChI=1S/C29H26N2O6S/c1-5-37-19-11-12-20-23(15-19)38-29(30-20)31-25(18-10-13-21(35-3)22(14-18)36-4)24(27(33)28(31)34)26(32)17-8-6-16(2)7-9-17/h6-15,25,32H,5H2,1-4H3/t25-/m1/s1. The van der Waals surface area contributed by atoms with Crippen LogP contribution in [0.3, 0.4) is 0 Å². The molecule has 0 saturated carbocycles. The summed E-state index contributed by atoms with van der Waals surface area (Å²) in [6, 6.07) is 16.8.